The summed E-state index contributed by atoms with van der Waals surface area (Å²) in [6, 6.07) is 16.9. The van der Waals surface area contributed by atoms with Crippen LogP contribution in [0.1, 0.15) is 36.3 Å². The number of carboxylic acid groups (broad SMARTS) is 1. The highest BCUT2D eigenvalue weighted by Crippen LogP contribution is 2.44. The average molecular weight is 408 g/mol. The first kappa shape index (κ1) is 20.4. The Kier molecular flexibility index (Phi) is 6.04. The van der Waals surface area contributed by atoms with Gasteiger partial charge in [0.05, 0.1) is 6.42 Å². The van der Waals surface area contributed by atoms with Gasteiger partial charge < -0.3 is 19.6 Å². The Morgan fingerprint density at radius 2 is 1.60 bits per heavy atom. The van der Waals surface area contributed by atoms with Crippen molar-refractivity contribution in [3.63, 3.8) is 0 Å². The van der Waals surface area contributed by atoms with Crippen molar-refractivity contribution in [1.82, 2.24) is 9.80 Å². The summed E-state index contributed by atoms with van der Waals surface area (Å²) in [5.74, 6) is -0.709. The first-order valence-electron chi connectivity index (χ1n) is 10.6. The summed E-state index contributed by atoms with van der Waals surface area (Å²) in [5.41, 5.74) is 4.87. The van der Waals surface area contributed by atoms with Crippen molar-refractivity contribution >= 4 is 12.1 Å². The average Bonchev–Trinajstić information content (AvgIpc) is 3.09. The number of nitrogens with zero attached hydrogens (tertiary/aromatic N) is 2. The molecule has 1 saturated heterocycles. The van der Waals surface area contributed by atoms with Crippen LogP contribution in [-0.2, 0) is 9.53 Å². The van der Waals surface area contributed by atoms with Gasteiger partial charge in [0, 0.05) is 31.6 Å². The second-order valence-corrected chi connectivity index (χ2v) is 8.15. The fraction of sp³-hybridized carbons (Fsp3) is 0.417. The van der Waals surface area contributed by atoms with Crippen molar-refractivity contribution in [2.75, 3.05) is 33.3 Å². The molecule has 2 aromatic rings. The number of carbonyl (C=O) groups excluding carboxylic acids is 1. The number of fused-ring (bicyclic) bond motifs is 3. The number of piperidine rings is 1. The van der Waals surface area contributed by atoms with Gasteiger partial charge in [-0.15, -0.1) is 0 Å². The van der Waals surface area contributed by atoms with Gasteiger partial charge in [-0.25, -0.2) is 4.79 Å². The third-order valence-corrected chi connectivity index (χ3v) is 6.36. The second-order valence-electron chi connectivity index (χ2n) is 8.15. The number of carbonyl (C=O) groups is 2. The van der Waals surface area contributed by atoms with Crippen LogP contribution in [0.25, 0.3) is 11.1 Å². The highest BCUT2D eigenvalue weighted by Gasteiger charge is 2.31. The highest BCUT2D eigenvalue weighted by atomic mass is 16.6. The molecule has 0 saturated carbocycles. The number of aliphatic carboxylic acids is 1. The van der Waals surface area contributed by atoms with Crippen LogP contribution in [0.5, 0.6) is 0 Å². The molecular formula is C24H28N2O4. The van der Waals surface area contributed by atoms with E-state index in [0.29, 0.717) is 32.3 Å². The molecule has 1 fully saturated rings. The summed E-state index contributed by atoms with van der Waals surface area (Å²) < 4.78 is 5.75. The van der Waals surface area contributed by atoms with E-state index in [4.69, 9.17) is 9.84 Å². The van der Waals surface area contributed by atoms with Gasteiger partial charge in [-0.05, 0) is 42.1 Å². The predicted molar refractivity (Wildman–Crippen MR) is 115 cm³/mol. The SMILES string of the molecule is CN(CCC(=O)O)C1CCN(C(=O)OCC2c3ccccc3-c3ccccc32)CC1. The van der Waals surface area contributed by atoms with Gasteiger partial charge in [0.2, 0.25) is 0 Å². The van der Waals surface area contributed by atoms with Gasteiger partial charge in [-0.1, -0.05) is 48.5 Å². The van der Waals surface area contributed by atoms with Gasteiger partial charge in [0.15, 0.2) is 0 Å². The molecule has 6 heteroatoms. The lowest BCUT2D eigenvalue weighted by Crippen LogP contribution is -2.46. The molecule has 1 N–H and O–H groups in total. The molecule has 1 heterocycles. The molecule has 4 rings (SSSR count). The lowest BCUT2D eigenvalue weighted by molar-refractivity contribution is -0.137. The Hall–Kier alpha value is -2.86. The largest absolute Gasteiger partial charge is 0.481 e. The van der Waals surface area contributed by atoms with Crippen LogP contribution in [0.4, 0.5) is 4.79 Å². The van der Waals surface area contributed by atoms with E-state index in [-0.39, 0.29) is 18.4 Å². The lowest BCUT2D eigenvalue weighted by atomic mass is 9.98. The number of likely N-dealkylation sites (tertiary alicyclic amines) is 1. The maximum atomic E-state index is 12.7. The maximum absolute atomic E-state index is 12.7. The first-order valence-corrected chi connectivity index (χ1v) is 10.6. The van der Waals surface area contributed by atoms with Crippen LogP contribution < -0.4 is 0 Å². The van der Waals surface area contributed by atoms with Crippen molar-refractivity contribution in [3.05, 3.63) is 59.7 Å². The van der Waals surface area contributed by atoms with Crippen LogP contribution in [-0.4, -0.2) is 66.3 Å². The smallest absolute Gasteiger partial charge is 0.409 e. The summed E-state index contributed by atoms with van der Waals surface area (Å²) >= 11 is 0. The van der Waals surface area contributed by atoms with E-state index < -0.39 is 5.97 Å². The Labute approximate surface area is 177 Å². The van der Waals surface area contributed by atoms with Crippen molar-refractivity contribution in [2.24, 2.45) is 0 Å². The summed E-state index contributed by atoms with van der Waals surface area (Å²) in [4.78, 5) is 27.3. The second kappa shape index (κ2) is 8.88. The normalized spacial score (nSPS) is 16.4. The minimum absolute atomic E-state index is 0.0704. The summed E-state index contributed by atoms with van der Waals surface area (Å²) in [5, 5.41) is 8.85. The highest BCUT2D eigenvalue weighted by molar-refractivity contribution is 5.79. The van der Waals surface area contributed by atoms with Gasteiger partial charge >= 0.3 is 12.1 Å². The van der Waals surface area contributed by atoms with Crippen LogP contribution in [0.2, 0.25) is 0 Å². The van der Waals surface area contributed by atoms with E-state index in [9.17, 15) is 9.59 Å². The van der Waals surface area contributed by atoms with E-state index in [1.165, 1.54) is 22.3 Å². The number of amides is 1. The Morgan fingerprint density at radius 1 is 1.03 bits per heavy atom. The predicted octanol–water partition coefficient (Wildman–Crippen LogP) is 3.81. The summed E-state index contributed by atoms with van der Waals surface area (Å²) in [6.45, 7) is 2.15. The Morgan fingerprint density at radius 3 is 2.17 bits per heavy atom. The molecule has 158 valence electrons. The minimum atomic E-state index is -0.780. The van der Waals surface area contributed by atoms with Crippen LogP contribution in [0.15, 0.2) is 48.5 Å². The molecule has 0 atom stereocenters. The number of rotatable bonds is 6. The standard InChI is InChI=1S/C24H28N2O4/c1-25(13-12-23(27)28)17-10-14-26(15-11-17)24(29)30-16-22-20-8-4-2-6-18(20)19-7-3-5-9-21(19)22/h2-9,17,22H,10-16H2,1H3,(H,27,28). The quantitative estimate of drug-likeness (QED) is 0.787. The molecule has 0 unspecified atom stereocenters. The zero-order valence-electron chi connectivity index (χ0n) is 17.3. The van der Waals surface area contributed by atoms with Crippen LogP contribution >= 0.6 is 0 Å². The van der Waals surface area contributed by atoms with E-state index in [1.54, 1.807) is 4.90 Å². The first-order chi connectivity index (χ1) is 14.5. The molecule has 30 heavy (non-hydrogen) atoms. The molecule has 1 aliphatic heterocycles. The van der Waals surface area contributed by atoms with Crippen LogP contribution in [0, 0.1) is 0 Å². The maximum Gasteiger partial charge on any atom is 0.409 e. The zero-order chi connectivity index (χ0) is 21.1. The van der Waals surface area contributed by atoms with Gasteiger partial charge in [-0.3, -0.25) is 4.79 Å². The van der Waals surface area contributed by atoms with Crippen molar-refractivity contribution in [3.8, 4) is 11.1 Å². The van der Waals surface area contributed by atoms with Crippen molar-refractivity contribution < 1.29 is 19.4 Å². The number of hydrogen-bond donors (Lipinski definition) is 1. The van der Waals surface area contributed by atoms with E-state index in [1.807, 2.05) is 31.3 Å². The fourth-order valence-corrected chi connectivity index (χ4v) is 4.63. The summed E-state index contributed by atoms with van der Waals surface area (Å²) in [7, 11) is 1.95. The molecule has 0 aromatic heterocycles. The monoisotopic (exact) mass is 408 g/mol. The van der Waals surface area contributed by atoms with Gasteiger partial charge in [-0.2, -0.15) is 0 Å². The Balaban J connectivity index is 1.32. The van der Waals surface area contributed by atoms with Gasteiger partial charge in [0.25, 0.3) is 0 Å². The van der Waals surface area contributed by atoms with Gasteiger partial charge in [0.1, 0.15) is 6.61 Å². The fourth-order valence-electron chi connectivity index (χ4n) is 4.63. The lowest BCUT2D eigenvalue weighted by Gasteiger charge is -2.36. The zero-order valence-corrected chi connectivity index (χ0v) is 17.3. The molecule has 1 aliphatic carbocycles. The number of carboxylic acids is 1. The number of hydrogen-bond acceptors (Lipinski definition) is 4. The molecule has 6 nitrogen and oxygen atoms in total. The molecular weight excluding hydrogens is 380 g/mol. The van der Waals surface area contributed by atoms with Crippen LogP contribution in [0.3, 0.4) is 0 Å². The van der Waals surface area contributed by atoms with E-state index in [0.717, 1.165) is 12.8 Å². The Bertz CT molecular complexity index is 875. The topological polar surface area (TPSA) is 70.1 Å². The summed E-state index contributed by atoms with van der Waals surface area (Å²) in [6.07, 6.45) is 1.55. The third kappa shape index (κ3) is 4.19. The van der Waals surface area contributed by atoms with Crippen molar-refractivity contribution in [2.45, 2.75) is 31.2 Å². The molecule has 0 spiro atoms. The van der Waals surface area contributed by atoms with E-state index >= 15 is 0 Å². The molecule has 2 aliphatic rings. The van der Waals surface area contributed by atoms with Crippen molar-refractivity contribution in [1.29, 1.82) is 0 Å². The number of benzene rings is 2. The number of ether oxygens (including phenoxy) is 1. The molecule has 1 amide bonds. The third-order valence-electron chi connectivity index (χ3n) is 6.36. The minimum Gasteiger partial charge on any atom is -0.481 e. The van der Waals surface area contributed by atoms with E-state index in [2.05, 4.69) is 29.2 Å². The molecule has 0 bridgehead atoms. The molecule has 0 radical (unpaired) electrons. The molecule has 2 aromatic carbocycles.